The van der Waals surface area contributed by atoms with Gasteiger partial charge in [0.2, 0.25) is 0 Å². The number of nitrogens with one attached hydrogen (secondary N) is 2. The van der Waals surface area contributed by atoms with Crippen LogP contribution in [0.2, 0.25) is 0 Å². The van der Waals surface area contributed by atoms with Crippen LogP contribution in [-0.2, 0) is 16.8 Å². The van der Waals surface area contributed by atoms with Gasteiger partial charge in [-0.05, 0) is 37.5 Å². The predicted octanol–water partition coefficient (Wildman–Crippen LogP) is 3.76. The normalized spacial score (nSPS) is 20.0. The number of aromatic amines is 1. The minimum atomic E-state index is -1.17. The number of rotatable bonds is 3. The Hall–Kier alpha value is -3.28. The van der Waals surface area contributed by atoms with Crippen molar-refractivity contribution in [1.82, 2.24) is 15.2 Å². The zero-order valence-corrected chi connectivity index (χ0v) is 17.4. The van der Waals surface area contributed by atoms with Crippen LogP contribution in [0.25, 0.3) is 10.9 Å². The fourth-order valence-electron chi connectivity index (χ4n) is 5.18. The molecule has 154 valence electrons. The van der Waals surface area contributed by atoms with Crippen molar-refractivity contribution >= 4 is 28.5 Å². The molecule has 0 aliphatic carbocycles. The maximum absolute atomic E-state index is 14.2. The number of fused-ring (bicyclic) bond motifs is 6. The standard InChI is InChI=1S/C24H26N4O2/c1-3-14-27-20-12-8-6-10-18(20)24(22(27)29)21-17(13-15-28(24)23(30)25-4-2)16-9-5-7-11-19(16)26-21/h5-12,26H,3-4,13-15H2,1-2H3,(H,25,30)/t24-/m1/s1. The van der Waals surface area contributed by atoms with Crippen LogP contribution in [0.4, 0.5) is 10.5 Å². The van der Waals surface area contributed by atoms with Crippen molar-refractivity contribution in [2.24, 2.45) is 0 Å². The number of aromatic nitrogens is 1. The lowest BCUT2D eigenvalue weighted by atomic mass is 9.80. The van der Waals surface area contributed by atoms with E-state index in [0.717, 1.165) is 39.8 Å². The highest BCUT2D eigenvalue weighted by Crippen LogP contribution is 2.51. The molecule has 3 heterocycles. The summed E-state index contributed by atoms with van der Waals surface area (Å²) in [6, 6.07) is 15.8. The highest BCUT2D eigenvalue weighted by Gasteiger charge is 2.60. The van der Waals surface area contributed by atoms with Crippen molar-refractivity contribution in [3.63, 3.8) is 0 Å². The van der Waals surface area contributed by atoms with Gasteiger partial charge in [0, 0.05) is 36.1 Å². The van der Waals surface area contributed by atoms with Crippen molar-refractivity contribution in [2.75, 3.05) is 24.5 Å². The lowest BCUT2D eigenvalue weighted by Gasteiger charge is -2.43. The molecule has 0 bridgehead atoms. The molecule has 0 saturated heterocycles. The van der Waals surface area contributed by atoms with Gasteiger partial charge in [0.15, 0.2) is 5.54 Å². The minimum absolute atomic E-state index is 0.0516. The van der Waals surface area contributed by atoms with Gasteiger partial charge in [-0.1, -0.05) is 43.3 Å². The molecule has 6 nitrogen and oxygen atoms in total. The summed E-state index contributed by atoms with van der Waals surface area (Å²) in [5.74, 6) is -0.0516. The minimum Gasteiger partial charge on any atom is -0.355 e. The Morgan fingerprint density at radius 1 is 1.13 bits per heavy atom. The Morgan fingerprint density at radius 3 is 2.70 bits per heavy atom. The zero-order valence-electron chi connectivity index (χ0n) is 17.4. The molecule has 3 amide bonds. The fraction of sp³-hybridized carbons (Fsp3) is 0.333. The second-order valence-electron chi connectivity index (χ2n) is 7.95. The Morgan fingerprint density at radius 2 is 1.90 bits per heavy atom. The number of H-pyrrole nitrogens is 1. The van der Waals surface area contributed by atoms with Gasteiger partial charge in [-0.15, -0.1) is 0 Å². The van der Waals surface area contributed by atoms with Crippen LogP contribution in [0.5, 0.6) is 0 Å². The number of hydrogen-bond acceptors (Lipinski definition) is 2. The molecular formula is C24H26N4O2. The van der Waals surface area contributed by atoms with Gasteiger partial charge in [-0.25, -0.2) is 4.79 Å². The summed E-state index contributed by atoms with van der Waals surface area (Å²) in [5, 5.41) is 4.06. The van der Waals surface area contributed by atoms with Gasteiger partial charge >= 0.3 is 6.03 Å². The van der Waals surface area contributed by atoms with E-state index >= 15 is 0 Å². The summed E-state index contributed by atoms with van der Waals surface area (Å²) < 4.78 is 0. The van der Waals surface area contributed by atoms with Gasteiger partial charge in [0.25, 0.3) is 5.91 Å². The summed E-state index contributed by atoms with van der Waals surface area (Å²) in [6.07, 6.45) is 1.55. The number of benzene rings is 2. The molecule has 0 saturated carbocycles. The van der Waals surface area contributed by atoms with E-state index in [9.17, 15) is 9.59 Å². The van der Waals surface area contributed by atoms with Crippen molar-refractivity contribution in [2.45, 2.75) is 32.2 Å². The molecule has 0 fully saturated rings. The Labute approximate surface area is 175 Å². The van der Waals surface area contributed by atoms with Gasteiger partial charge in [-0.3, -0.25) is 4.79 Å². The summed E-state index contributed by atoms with van der Waals surface area (Å²) in [4.78, 5) is 34.5. The van der Waals surface area contributed by atoms with Crippen molar-refractivity contribution in [3.05, 3.63) is 65.4 Å². The molecule has 0 radical (unpaired) electrons. The molecular weight excluding hydrogens is 376 g/mol. The molecule has 2 aliphatic heterocycles. The van der Waals surface area contributed by atoms with E-state index in [1.54, 1.807) is 4.90 Å². The van der Waals surface area contributed by atoms with E-state index in [4.69, 9.17) is 0 Å². The SMILES string of the molecule is CCCN1C(=O)[C@@]2(c3ccccc31)c1[nH]c3ccccc3c1CCN2C(=O)NCC. The first-order valence-electron chi connectivity index (χ1n) is 10.7. The third kappa shape index (κ3) is 2.30. The number of hydrogen-bond donors (Lipinski definition) is 2. The average molecular weight is 402 g/mol. The maximum atomic E-state index is 14.2. The highest BCUT2D eigenvalue weighted by atomic mass is 16.2. The molecule has 5 rings (SSSR count). The van der Waals surface area contributed by atoms with E-state index < -0.39 is 5.54 Å². The first-order chi connectivity index (χ1) is 14.6. The predicted molar refractivity (Wildman–Crippen MR) is 118 cm³/mol. The van der Waals surface area contributed by atoms with E-state index in [0.29, 0.717) is 26.1 Å². The number of amides is 3. The van der Waals surface area contributed by atoms with Crippen LogP contribution in [0.1, 0.15) is 37.1 Å². The summed E-state index contributed by atoms with van der Waals surface area (Å²) in [6.45, 7) is 5.59. The molecule has 3 aromatic rings. The molecule has 2 N–H and O–H groups in total. The Balaban J connectivity index is 1.84. The van der Waals surface area contributed by atoms with E-state index in [-0.39, 0.29) is 11.9 Å². The maximum Gasteiger partial charge on any atom is 0.318 e. The lowest BCUT2D eigenvalue weighted by Crippen LogP contribution is -2.61. The number of carbonyl (C=O) groups excluding carboxylic acids is 2. The Kier molecular flexibility index (Phi) is 4.31. The van der Waals surface area contributed by atoms with Crippen molar-refractivity contribution in [3.8, 4) is 0 Å². The number of para-hydroxylation sites is 2. The quantitative estimate of drug-likeness (QED) is 0.701. The molecule has 6 heteroatoms. The van der Waals surface area contributed by atoms with Crippen LogP contribution in [0.3, 0.4) is 0 Å². The van der Waals surface area contributed by atoms with Crippen molar-refractivity contribution in [1.29, 1.82) is 0 Å². The second kappa shape index (κ2) is 6.90. The van der Waals surface area contributed by atoms with E-state index in [1.807, 2.05) is 54.3 Å². The molecule has 1 atom stereocenters. The van der Waals surface area contributed by atoms with E-state index in [1.165, 1.54) is 0 Å². The van der Waals surface area contributed by atoms with Crippen LogP contribution in [-0.4, -0.2) is 41.5 Å². The second-order valence-corrected chi connectivity index (χ2v) is 7.95. The lowest BCUT2D eigenvalue weighted by molar-refractivity contribution is -0.126. The number of urea groups is 1. The smallest absolute Gasteiger partial charge is 0.318 e. The van der Waals surface area contributed by atoms with E-state index in [2.05, 4.69) is 23.3 Å². The largest absolute Gasteiger partial charge is 0.355 e. The third-order valence-electron chi connectivity index (χ3n) is 6.33. The topological polar surface area (TPSA) is 68.4 Å². The van der Waals surface area contributed by atoms with Gasteiger partial charge in [0.1, 0.15) is 0 Å². The van der Waals surface area contributed by atoms with Crippen LogP contribution >= 0.6 is 0 Å². The zero-order chi connectivity index (χ0) is 20.9. The average Bonchev–Trinajstić information content (AvgIpc) is 3.25. The molecule has 2 aliphatic rings. The van der Waals surface area contributed by atoms with Crippen molar-refractivity contribution < 1.29 is 9.59 Å². The number of carbonyl (C=O) groups is 2. The molecule has 1 spiro atoms. The van der Waals surface area contributed by atoms with Gasteiger partial charge in [0.05, 0.1) is 11.4 Å². The van der Waals surface area contributed by atoms with Crippen LogP contribution in [0.15, 0.2) is 48.5 Å². The fourth-order valence-corrected chi connectivity index (χ4v) is 5.18. The van der Waals surface area contributed by atoms with Gasteiger partial charge < -0.3 is 20.1 Å². The Bertz CT molecular complexity index is 1150. The first kappa shape index (κ1) is 18.7. The van der Waals surface area contributed by atoms with Crippen LogP contribution < -0.4 is 10.2 Å². The summed E-state index contributed by atoms with van der Waals surface area (Å²) in [7, 11) is 0. The summed E-state index contributed by atoms with van der Waals surface area (Å²) in [5.41, 5.74) is 3.56. The number of nitrogens with zero attached hydrogens (tertiary/aromatic N) is 2. The van der Waals surface area contributed by atoms with Crippen LogP contribution in [0, 0.1) is 0 Å². The molecule has 30 heavy (non-hydrogen) atoms. The first-order valence-corrected chi connectivity index (χ1v) is 10.7. The van der Waals surface area contributed by atoms with Gasteiger partial charge in [-0.2, -0.15) is 0 Å². The third-order valence-corrected chi connectivity index (χ3v) is 6.33. The molecule has 2 aromatic carbocycles. The molecule has 0 unspecified atom stereocenters. The molecule has 1 aromatic heterocycles. The highest BCUT2D eigenvalue weighted by molar-refractivity contribution is 6.12. The monoisotopic (exact) mass is 402 g/mol. The summed E-state index contributed by atoms with van der Waals surface area (Å²) >= 11 is 0. The number of anilines is 1.